The van der Waals surface area contributed by atoms with Gasteiger partial charge in [-0.05, 0) is 31.0 Å². The summed E-state index contributed by atoms with van der Waals surface area (Å²) < 4.78 is 33.8. The van der Waals surface area contributed by atoms with E-state index in [1.807, 2.05) is 23.1 Å². The van der Waals surface area contributed by atoms with Crippen molar-refractivity contribution in [1.29, 1.82) is 0 Å². The minimum absolute atomic E-state index is 0.150. The van der Waals surface area contributed by atoms with Gasteiger partial charge >= 0.3 is 5.97 Å². The van der Waals surface area contributed by atoms with E-state index >= 15 is 0 Å². The monoisotopic (exact) mass is 418 g/mol. The molecule has 6 nitrogen and oxygen atoms in total. The Kier molecular flexibility index (Phi) is 5.12. The van der Waals surface area contributed by atoms with Crippen molar-refractivity contribution in [3.8, 4) is 0 Å². The largest absolute Gasteiger partial charge is 0.461 e. The highest BCUT2D eigenvalue weighted by atomic mass is 35.5. The first-order valence-electron chi connectivity index (χ1n) is 9.05. The topological polar surface area (TPSA) is 76.0 Å². The van der Waals surface area contributed by atoms with Crippen LogP contribution in [-0.4, -0.2) is 38.2 Å². The summed E-state index contributed by atoms with van der Waals surface area (Å²) in [7, 11) is -3.64. The molecule has 28 heavy (non-hydrogen) atoms. The van der Waals surface area contributed by atoms with Gasteiger partial charge in [0.15, 0.2) is 5.84 Å². The number of esters is 1. The lowest BCUT2D eigenvalue weighted by atomic mass is 9.96. The van der Waals surface area contributed by atoms with Gasteiger partial charge in [0, 0.05) is 29.2 Å². The number of carbonyl (C=O) groups excluding carboxylic acids is 1. The molecule has 2 aliphatic rings. The maximum absolute atomic E-state index is 12.4. The highest BCUT2D eigenvalue weighted by Gasteiger charge is 2.34. The molecule has 0 radical (unpaired) electrons. The first-order chi connectivity index (χ1) is 13.5. The van der Waals surface area contributed by atoms with Crippen molar-refractivity contribution in [2.45, 2.75) is 24.3 Å². The second-order valence-corrected chi connectivity index (χ2v) is 8.83. The van der Waals surface area contributed by atoms with Gasteiger partial charge in [0.2, 0.25) is 0 Å². The quantitative estimate of drug-likeness (QED) is 0.715. The van der Waals surface area contributed by atoms with E-state index in [2.05, 4.69) is 4.40 Å². The van der Waals surface area contributed by atoms with Crippen LogP contribution in [0.4, 0.5) is 0 Å². The summed E-state index contributed by atoms with van der Waals surface area (Å²) in [4.78, 5) is 14.6. The van der Waals surface area contributed by atoms with E-state index in [-0.39, 0.29) is 23.4 Å². The molecule has 0 atom stereocenters. The first kappa shape index (κ1) is 19.0. The van der Waals surface area contributed by atoms with Crippen LogP contribution in [0.15, 0.2) is 57.8 Å². The van der Waals surface area contributed by atoms with Gasteiger partial charge in [0.05, 0.1) is 5.92 Å². The number of fused-ring (bicyclic) bond motifs is 1. The number of halogens is 1. The molecule has 146 valence electrons. The zero-order chi connectivity index (χ0) is 19.7. The zero-order valence-corrected chi connectivity index (χ0v) is 16.6. The Morgan fingerprint density at radius 1 is 1.11 bits per heavy atom. The highest BCUT2D eigenvalue weighted by molar-refractivity contribution is 7.90. The van der Waals surface area contributed by atoms with Crippen LogP contribution in [0.25, 0.3) is 0 Å². The number of rotatable bonds is 3. The molecule has 2 aromatic carbocycles. The Morgan fingerprint density at radius 2 is 1.79 bits per heavy atom. The van der Waals surface area contributed by atoms with Gasteiger partial charge < -0.3 is 9.64 Å². The summed E-state index contributed by atoms with van der Waals surface area (Å²) >= 11 is 6.09. The average molecular weight is 419 g/mol. The molecule has 2 aromatic rings. The predicted molar refractivity (Wildman–Crippen MR) is 106 cm³/mol. The molecular formula is C20H19ClN2O4S. The number of piperidine rings is 1. The summed E-state index contributed by atoms with van der Waals surface area (Å²) in [6, 6.07) is 14.1. The van der Waals surface area contributed by atoms with Crippen LogP contribution in [0, 0.1) is 5.92 Å². The summed E-state index contributed by atoms with van der Waals surface area (Å²) in [6.07, 6.45) is 1.17. The number of carbonyl (C=O) groups is 1. The van der Waals surface area contributed by atoms with Crippen LogP contribution in [0.2, 0.25) is 5.02 Å². The van der Waals surface area contributed by atoms with E-state index in [1.54, 1.807) is 30.3 Å². The van der Waals surface area contributed by atoms with E-state index in [1.165, 1.54) is 0 Å². The van der Waals surface area contributed by atoms with Gasteiger partial charge in [-0.3, -0.25) is 4.79 Å². The van der Waals surface area contributed by atoms with Gasteiger partial charge in [-0.2, -0.15) is 8.42 Å². The van der Waals surface area contributed by atoms with Crippen molar-refractivity contribution in [3.05, 3.63) is 64.7 Å². The lowest BCUT2D eigenvalue weighted by Gasteiger charge is -2.32. The fourth-order valence-electron chi connectivity index (χ4n) is 3.53. The molecule has 0 spiro atoms. The molecule has 1 saturated heterocycles. The standard InChI is InChI=1S/C20H19ClN2O4S/c21-17-7-3-1-5-15(17)13-27-20(24)14-9-11-23(12-10-14)19-16-6-2-4-8-18(16)28(25,26)22-19/h1-8,14H,9-13H2. The second kappa shape index (κ2) is 7.56. The Balaban J connectivity index is 1.38. The Hall–Kier alpha value is -2.38. The van der Waals surface area contributed by atoms with Crippen molar-refractivity contribution in [3.63, 3.8) is 0 Å². The van der Waals surface area contributed by atoms with Crippen molar-refractivity contribution < 1.29 is 17.9 Å². The summed E-state index contributed by atoms with van der Waals surface area (Å²) in [5.41, 5.74) is 1.40. The number of benzene rings is 2. The fraction of sp³-hybridized carbons (Fsp3) is 0.300. The summed E-state index contributed by atoms with van der Waals surface area (Å²) in [5, 5.41) is 0.573. The van der Waals surface area contributed by atoms with E-state index in [0.717, 1.165) is 5.56 Å². The molecule has 0 saturated carbocycles. The lowest BCUT2D eigenvalue weighted by Crippen LogP contribution is -2.40. The molecule has 0 aromatic heterocycles. The maximum Gasteiger partial charge on any atom is 0.309 e. The van der Waals surface area contributed by atoms with Crippen molar-refractivity contribution in [2.24, 2.45) is 10.3 Å². The number of sulfonamides is 1. The van der Waals surface area contributed by atoms with Gasteiger partial charge in [0.25, 0.3) is 10.0 Å². The van der Waals surface area contributed by atoms with Gasteiger partial charge in [0.1, 0.15) is 11.5 Å². The van der Waals surface area contributed by atoms with E-state index < -0.39 is 10.0 Å². The summed E-state index contributed by atoms with van der Waals surface area (Å²) in [5.74, 6) is 0.00651. The molecule has 4 rings (SSSR count). The zero-order valence-electron chi connectivity index (χ0n) is 15.0. The number of nitrogens with zero attached hydrogens (tertiary/aromatic N) is 2. The van der Waals surface area contributed by atoms with Crippen LogP contribution in [0.3, 0.4) is 0 Å². The molecule has 1 fully saturated rings. The van der Waals surface area contributed by atoms with Crippen LogP contribution in [-0.2, 0) is 26.2 Å². The molecule has 0 unspecified atom stereocenters. The molecule has 8 heteroatoms. The van der Waals surface area contributed by atoms with Gasteiger partial charge in [-0.25, -0.2) is 0 Å². The third-order valence-electron chi connectivity index (χ3n) is 5.07. The van der Waals surface area contributed by atoms with E-state index in [4.69, 9.17) is 16.3 Å². The van der Waals surface area contributed by atoms with Crippen LogP contribution in [0.5, 0.6) is 0 Å². The SMILES string of the molecule is O=C(OCc1ccccc1Cl)C1CCN(C2=NS(=O)(=O)c3ccccc32)CC1. The Bertz CT molecular complexity index is 1040. The molecule has 0 amide bonds. The number of hydrogen-bond donors (Lipinski definition) is 0. The fourth-order valence-corrected chi connectivity index (χ4v) is 4.94. The molecule has 2 heterocycles. The molecule has 2 aliphatic heterocycles. The van der Waals surface area contributed by atoms with Gasteiger partial charge in [-0.15, -0.1) is 4.40 Å². The summed E-state index contributed by atoms with van der Waals surface area (Å²) in [6.45, 7) is 1.25. The van der Waals surface area contributed by atoms with Crippen LogP contribution >= 0.6 is 11.6 Å². The van der Waals surface area contributed by atoms with Crippen LogP contribution < -0.4 is 0 Å². The second-order valence-electron chi connectivity index (χ2n) is 6.85. The molecule has 0 N–H and O–H groups in total. The number of ether oxygens (including phenoxy) is 1. The van der Waals surface area contributed by atoms with Crippen molar-refractivity contribution >= 4 is 33.4 Å². The number of likely N-dealkylation sites (tertiary alicyclic amines) is 1. The Labute approximate surface area is 168 Å². The molecular weight excluding hydrogens is 400 g/mol. The van der Waals surface area contributed by atoms with E-state index in [9.17, 15) is 13.2 Å². The van der Waals surface area contributed by atoms with Crippen molar-refractivity contribution in [1.82, 2.24) is 4.90 Å². The maximum atomic E-state index is 12.4. The smallest absolute Gasteiger partial charge is 0.309 e. The highest BCUT2D eigenvalue weighted by Crippen LogP contribution is 2.30. The van der Waals surface area contributed by atoms with Crippen LogP contribution in [0.1, 0.15) is 24.0 Å². The minimum atomic E-state index is -3.64. The normalized spacial score (nSPS) is 18.5. The lowest BCUT2D eigenvalue weighted by molar-refractivity contribution is -0.151. The minimum Gasteiger partial charge on any atom is -0.461 e. The Morgan fingerprint density at radius 3 is 2.54 bits per heavy atom. The third kappa shape index (κ3) is 3.64. The molecule has 0 aliphatic carbocycles. The van der Waals surface area contributed by atoms with Gasteiger partial charge in [-0.1, -0.05) is 41.9 Å². The van der Waals surface area contributed by atoms with E-state index in [0.29, 0.717) is 42.4 Å². The average Bonchev–Trinajstić information content (AvgIpc) is 2.99. The first-order valence-corrected chi connectivity index (χ1v) is 10.9. The predicted octanol–water partition coefficient (Wildman–Crippen LogP) is 3.24. The third-order valence-corrected chi connectivity index (χ3v) is 6.76. The molecule has 0 bridgehead atoms. The number of amidine groups is 1. The number of hydrogen-bond acceptors (Lipinski definition) is 5. The van der Waals surface area contributed by atoms with Crippen molar-refractivity contribution in [2.75, 3.05) is 13.1 Å².